The second kappa shape index (κ2) is 4.96. The van der Waals surface area contributed by atoms with Crippen molar-refractivity contribution < 1.29 is 14.6 Å². The van der Waals surface area contributed by atoms with Gasteiger partial charge in [0.1, 0.15) is 5.69 Å². The number of non-ortho nitro benzene ring substituents is 1. The number of hydrogen-bond donors (Lipinski definition) is 1. The highest BCUT2D eigenvalue weighted by Crippen LogP contribution is 2.30. The Morgan fingerprint density at radius 3 is 2.61 bits per heavy atom. The highest BCUT2D eigenvalue weighted by atomic mass is 16.6. The van der Waals surface area contributed by atoms with Gasteiger partial charge in [0.2, 0.25) is 0 Å². The van der Waals surface area contributed by atoms with Gasteiger partial charge in [0, 0.05) is 12.7 Å². The van der Waals surface area contributed by atoms with Gasteiger partial charge in [0.15, 0.2) is 0 Å². The number of nitro benzene ring substituents is 2. The minimum absolute atomic E-state index is 0.00477. The molecule has 0 amide bonds. The van der Waals surface area contributed by atoms with Gasteiger partial charge in [-0.25, -0.2) is 0 Å². The zero-order valence-corrected chi connectivity index (χ0v) is 9.37. The van der Waals surface area contributed by atoms with Crippen molar-refractivity contribution in [2.45, 2.75) is 12.5 Å². The highest BCUT2D eigenvalue weighted by Gasteiger charge is 2.23. The first-order chi connectivity index (χ1) is 8.58. The maximum atomic E-state index is 10.9. The predicted molar refractivity (Wildman–Crippen MR) is 62.6 cm³/mol. The predicted octanol–water partition coefficient (Wildman–Crippen LogP) is 1.70. The number of nitrogens with one attached hydrogen (secondary N) is 1. The average molecular weight is 253 g/mol. The van der Waals surface area contributed by atoms with Crippen molar-refractivity contribution >= 4 is 17.1 Å². The quantitative estimate of drug-likeness (QED) is 0.646. The van der Waals surface area contributed by atoms with E-state index in [1.807, 2.05) is 0 Å². The molecule has 1 fully saturated rings. The van der Waals surface area contributed by atoms with Crippen LogP contribution in [0, 0.1) is 20.2 Å². The second-order valence-electron chi connectivity index (χ2n) is 3.92. The molecule has 0 spiro atoms. The maximum absolute atomic E-state index is 10.9. The minimum Gasteiger partial charge on any atom is -0.379 e. The van der Waals surface area contributed by atoms with E-state index < -0.39 is 9.85 Å². The number of ether oxygens (including phenoxy) is 1. The van der Waals surface area contributed by atoms with Gasteiger partial charge < -0.3 is 10.1 Å². The maximum Gasteiger partial charge on any atom is 0.299 e. The summed E-state index contributed by atoms with van der Waals surface area (Å²) in [6.07, 6.45) is 0.758. The highest BCUT2D eigenvalue weighted by molar-refractivity contribution is 5.65. The zero-order chi connectivity index (χ0) is 13.1. The Kier molecular flexibility index (Phi) is 3.38. The molecule has 1 heterocycles. The van der Waals surface area contributed by atoms with E-state index in [4.69, 9.17) is 4.74 Å². The largest absolute Gasteiger partial charge is 0.379 e. The molecule has 1 saturated heterocycles. The van der Waals surface area contributed by atoms with Crippen molar-refractivity contribution in [3.63, 3.8) is 0 Å². The van der Waals surface area contributed by atoms with Crippen LogP contribution in [0.1, 0.15) is 6.42 Å². The molecule has 0 saturated carbocycles. The van der Waals surface area contributed by atoms with Gasteiger partial charge in [0.25, 0.3) is 11.4 Å². The van der Waals surface area contributed by atoms with E-state index in [0.717, 1.165) is 12.5 Å². The van der Waals surface area contributed by atoms with E-state index in [0.29, 0.717) is 13.2 Å². The lowest BCUT2D eigenvalue weighted by Gasteiger charge is -2.11. The van der Waals surface area contributed by atoms with E-state index in [-0.39, 0.29) is 23.1 Å². The van der Waals surface area contributed by atoms with E-state index in [2.05, 4.69) is 5.32 Å². The third kappa shape index (κ3) is 2.54. The van der Waals surface area contributed by atoms with Crippen LogP contribution in [0.5, 0.6) is 0 Å². The number of hydrogen-bond acceptors (Lipinski definition) is 6. The lowest BCUT2D eigenvalue weighted by molar-refractivity contribution is -0.393. The fraction of sp³-hybridized carbons (Fsp3) is 0.400. The van der Waals surface area contributed by atoms with E-state index in [9.17, 15) is 20.2 Å². The first-order valence-electron chi connectivity index (χ1n) is 5.35. The monoisotopic (exact) mass is 253 g/mol. The van der Waals surface area contributed by atoms with Gasteiger partial charge in [-0.05, 0) is 12.5 Å². The molecule has 1 unspecified atom stereocenters. The normalized spacial score (nSPS) is 18.6. The Balaban J connectivity index is 2.28. The molecule has 18 heavy (non-hydrogen) atoms. The van der Waals surface area contributed by atoms with Crippen LogP contribution in [-0.2, 0) is 4.74 Å². The topological polar surface area (TPSA) is 108 Å². The Morgan fingerprint density at radius 1 is 1.28 bits per heavy atom. The van der Waals surface area contributed by atoms with Crippen LogP contribution < -0.4 is 5.32 Å². The molecular weight excluding hydrogens is 242 g/mol. The third-order valence-corrected chi connectivity index (χ3v) is 2.68. The van der Waals surface area contributed by atoms with Gasteiger partial charge in [-0.2, -0.15) is 0 Å². The van der Waals surface area contributed by atoms with Crippen molar-refractivity contribution in [3.8, 4) is 0 Å². The van der Waals surface area contributed by atoms with Crippen molar-refractivity contribution in [2.24, 2.45) is 0 Å². The van der Waals surface area contributed by atoms with Crippen molar-refractivity contribution in [1.82, 2.24) is 0 Å². The molecule has 8 heteroatoms. The molecular formula is C10H11N3O5. The molecule has 1 aromatic rings. The molecule has 0 bridgehead atoms. The lowest BCUT2D eigenvalue weighted by atomic mass is 10.2. The van der Waals surface area contributed by atoms with Crippen LogP contribution >= 0.6 is 0 Å². The summed E-state index contributed by atoms with van der Waals surface area (Å²) in [5, 5.41) is 24.4. The van der Waals surface area contributed by atoms with Crippen molar-refractivity contribution in [2.75, 3.05) is 18.5 Å². The van der Waals surface area contributed by atoms with E-state index in [1.165, 1.54) is 12.1 Å². The third-order valence-electron chi connectivity index (χ3n) is 2.68. The number of nitro groups is 2. The first kappa shape index (κ1) is 12.2. The Hall–Kier alpha value is -2.22. The molecule has 0 aliphatic carbocycles. The summed E-state index contributed by atoms with van der Waals surface area (Å²) in [4.78, 5) is 20.2. The minimum atomic E-state index is -0.657. The molecule has 8 nitrogen and oxygen atoms in total. The number of nitrogens with zero attached hydrogens (tertiary/aromatic N) is 2. The molecule has 96 valence electrons. The van der Waals surface area contributed by atoms with Crippen molar-refractivity contribution in [1.29, 1.82) is 0 Å². The number of rotatable bonds is 4. The summed E-state index contributed by atoms with van der Waals surface area (Å²) < 4.78 is 5.15. The van der Waals surface area contributed by atoms with Gasteiger partial charge in [-0.3, -0.25) is 20.2 Å². The molecule has 1 aliphatic rings. The molecule has 1 aromatic carbocycles. The molecule has 0 radical (unpaired) electrons. The lowest BCUT2D eigenvalue weighted by Crippen LogP contribution is -2.19. The summed E-state index contributed by atoms with van der Waals surface area (Å²) >= 11 is 0. The van der Waals surface area contributed by atoms with Crippen LogP contribution in [0.4, 0.5) is 17.1 Å². The summed E-state index contributed by atoms with van der Waals surface area (Å²) in [5.41, 5.74) is -0.313. The molecule has 2 rings (SSSR count). The number of benzene rings is 1. The van der Waals surface area contributed by atoms with Crippen LogP contribution in [0.15, 0.2) is 18.2 Å². The van der Waals surface area contributed by atoms with Crippen LogP contribution in [0.25, 0.3) is 0 Å². The smallest absolute Gasteiger partial charge is 0.299 e. The Bertz CT molecular complexity index is 484. The standard InChI is InChI=1S/C10H11N3O5/c14-12(15)8-1-2-9(10(5-8)13(16)17)11-7-3-4-18-6-7/h1-2,5,7,11H,3-4,6H2. The zero-order valence-electron chi connectivity index (χ0n) is 9.37. The van der Waals surface area contributed by atoms with Crippen LogP contribution in [0.3, 0.4) is 0 Å². The molecule has 1 N–H and O–H groups in total. The van der Waals surface area contributed by atoms with E-state index >= 15 is 0 Å². The fourth-order valence-corrected chi connectivity index (χ4v) is 1.77. The summed E-state index contributed by atoms with van der Waals surface area (Å²) in [6, 6.07) is 3.56. The van der Waals surface area contributed by atoms with Crippen LogP contribution in [-0.4, -0.2) is 29.1 Å². The summed E-state index contributed by atoms with van der Waals surface area (Å²) in [7, 11) is 0. The van der Waals surface area contributed by atoms with E-state index in [1.54, 1.807) is 0 Å². The average Bonchev–Trinajstić information content (AvgIpc) is 2.81. The second-order valence-corrected chi connectivity index (χ2v) is 3.92. The molecule has 1 aliphatic heterocycles. The fourth-order valence-electron chi connectivity index (χ4n) is 1.77. The first-order valence-corrected chi connectivity index (χ1v) is 5.35. The summed E-state index contributed by atoms with van der Waals surface area (Å²) in [5.74, 6) is 0. The number of anilines is 1. The van der Waals surface area contributed by atoms with Crippen LogP contribution in [0.2, 0.25) is 0 Å². The summed E-state index contributed by atoms with van der Waals surface area (Å²) in [6.45, 7) is 1.09. The molecule has 1 atom stereocenters. The molecule has 0 aromatic heterocycles. The van der Waals surface area contributed by atoms with Gasteiger partial charge in [-0.15, -0.1) is 0 Å². The van der Waals surface area contributed by atoms with Crippen molar-refractivity contribution in [3.05, 3.63) is 38.4 Å². The van der Waals surface area contributed by atoms with Gasteiger partial charge in [-0.1, -0.05) is 0 Å². The Labute approximate surface area is 102 Å². The SMILES string of the molecule is O=[N+]([O-])c1ccc(NC2CCOC2)c([N+](=O)[O-])c1. The van der Waals surface area contributed by atoms with Gasteiger partial charge in [0.05, 0.1) is 28.6 Å². The Morgan fingerprint density at radius 2 is 2.06 bits per heavy atom. The van der Waals surface area contributed by atoms with Gasteiger partial charge >= 0.3 is 0 Å².